The minimum Gasteiger partial charge on any atom is -0.492 e. The van der Waals surface area contributed by atoms with E-state index in [-0.39, 0.29) is 41.5 Å². The maximum atomic E-state index is 15.3. The summed E-state index contributed by atoms with van der Waals surface area (Å²) in [6, 6.07) is 7.14. The first kappa shape index (κ1) is 25.2. The highest BCUT2D eigenvalue weighted by Gasteiger charge is 2.49. The summed E-state index contributed by atoms with van der Waals surface area (Å²) in [5.74, 6) is -1.52. The van der Waals surface area contributed by atoms with Gasteiger partial charge < -0.3 is 34.3 Å². The van der Waals surface area contributed by atoms with E-state index in [1.54, 1.807) is 11.5 Å². The number of hydrogen-bond donors (Lipinski definition) is 3. The number of halogens is 3. The lowest BCUT2D eigenvalue weighted by Crippen LogP contribution is -2.39. The number of alkyl halides is 2. The molecule has 1 amide bonds. The van der Waals surface area contributed by atoms with Crippen LogP contribution in [0.2, 0.25) is 0 Å². The third-order valence-corrected chi connectivity index (χ3v) is 6.73. The van der Waals surface area contributed by atoms with E-state index >= 15 is 4.39 Å². The van der Waals surface area contributed by atoms with Crippen molar-refractivity contribution in [3.63, 3.8) is 0 Å². The highest BCUT2D eigenvalue weighted by Crippen LogP contribution is 2.50. The lowest BCUT2D eigenvalue weighted by Gasteiger charge is -2.23. The highest BCUT2D eigenvalue weighted by atomic mass is 19.3. The number of nitrogens with zero attached hydrogens (tertiary/aromatic N) is 1. The molecule has 8 nitrogen and oxygen atoms in total. The van der Waals surface area contributed by atoms with E-state index in [1.807, 2.05) is 26.8 Å². The summed E-state index contributed by atoms with van der Waals surface area (Å²) in [5.41, 5.74) is -0.112. The Morgan fingerprint density at radius 2 is 1.81 bits per heavy atom. The standard InChI is InChI=1S/C26H27F3N2O6/c1-24(2,3)22-6-13-5-17(16(27)8-18(13)31(22)10-14(33)11-32)30-23(34)25(4)12-35-19-9-21-20(7-15(19)25)36-26(28,29)37-21/h5-9,14,32-33H,10-12H2,1-4H3,(H,30,34)/t14-,25?/m1/s1. The first-order valence-electron chi connectivity index (χ1n) is 11.7. The van der Waals surface area contributed by atoms with Crippen molar-refractivity contribution < 1.29 is 42.4 Å². The van der Waals surface area contributed by atoms with Gasteiger partial charge in [-0.05, 0) is 25.1 Å². The molecule has 11 heteroatoms. The van der Waals surface area contributed by atoms with Gasteiger partial charge in [0.15, 0.2) is 11.5 Å². The zero-order valence-corrected chi connectivity index (χ0v) is 20.7. The number of nitrogens with one attached hydrogen (secondary N) is 1. The van der Waals surface area contributed by atoms with Crippen LogP contribution in [0.4, 0.5) is 18.9 Å². The van der Waals surface area contributed by atoms with Gasteiger partial charge in [-0.15, -0.1) is 8.78 Å². The van der Waals surface area contributed by atoms with E-state index in [0.717, 1.165) is 5.69 Å². The van der Waals surface area contributed by atoms with E-state index in [1.165, 1.54) is 24.3 Å². The molecule has 3 aromatic rings. The Morgan fingerprint density at radius 1 is 1.14 bits per heavy atom. The zero-order chi connectivity index (χ0) is 26.9. The molecule has 198 valence electrons. The molecule has 0 bridgehead atoms. The Kier molecular flexibility index (Phi) is 5.65. The fraction of sp³-hybridized carbons (Fsp3) is 0.423. The Morgan fingerprint density at radius 3 is 2.46 bits per heavy atom. The summed E-state index contributed by atoms with van der Waals surface area (Å²) in [4.78, 5) is 13.4. The van der Waals surface area contributed by atoms with Gasteiger partial charge in [-0.2, -0.15) is 0 Å². The summed E-state index contributed by atoms with van der Waals surface area (Å²) in [6.45, 7) is 7.01. The van der Waals surface area contributed by atoms with Crippen LogP contribution in [0.5, 0.6) is 17.2 Å². The number of rotatable bonds is 5. The highest BCUT2D eigenvalue weighted by molar-refractivity contribution is 6.01. The predicted molar refractivity (Wildman–Crippen MR) is 128 cm³/mol. The molecule has 0 spiro atoms. The van der Waals surface area contributed by atoms with Crippen LogP contribution in [0.15, 0.2) is 30.3 Å². The number of carbonyl (C=O) groups is 1. The van der Waals surface area contributed by atoms with E-state index < -0.39 is 36.1 Å². The third-order valence-electron chi connectivity index (χ3n) is 6.73. The fourth-order valence-electron chi connectivity index (χ4n) is 4.74. The normalized spacial score (nSPS) is 20.6. The van der Waals surface area contributed by atoms with Crippen molar-refractivity contribution in [3.05, 3.63) is 47.4 Å². The van der Waals surface area contributed by atoms with Crippen LogP contribution in [0.25, 0.3) is 10.9 Å². The fourth-order valence-corrected chi connectivity index (χ4v) is 4.74. The average molecular weight is 521 g/mol. The van der Waals surface area contributed by atoms with Crippen molar-refractivity contribution in [1.82, 2.24) is 4.57 Å². The zero-order valence-electron chi connectivity index (χ0n) is 20.7. The number of fused-ring (bicyclic) bond motifs is 3. The quantitative estimate of drug-likeness (QED) is 0.470. The van der Waals surface area contributed by atoms with Crippen LogP contribution in [0.1, 0.15) is 39.0 Å². The number of aromatic nitrogens is 1. The van der Waals surface area contributed by atoms with E-state index in [9.17, 15) is 23.8 Å². The topological polar surface area (TPSA) is 102 Å². The molecule has 0 radical (unpaired) electrons. The summed E-state index contributed by atoms with van der Waals surface area (Å²) < 4.78 is 58.6. The summed E-state index contributed by atoms with van der Waals surface area (Å²) >= 11 is 0. The maximum Gasteiger partial charge on any atom is 0.586 e. The number of benzene rings is 2. The van der Waals surface area contributed by atoms with Gasteiger partial charge in [0, 0.05) is 34.2 Å². The maximum absolute atomic E-state index is 15.3. The first-order valence-corrected chi connectivity index (χ1v) is 11.7. The SMILES string of the molecule is CC(C)(C)c1cc2cc(NC(=O)C3(C)COc4cc5c(cc43)OC(F)(F)O5)c(F)cc2n1C[C@@H](O)CO. The molecule has 3 heterocycles. The van der Waals surface area contributed by atoms with Crippen LogP contribution in [0, 0.1) is 5.82 Å². The molecule has 2 atom stereocenters. The van der Waals surface area contributed by atoms with Crippen molar-refractivity contribution in [3.8, 4) is 17.2 Å². The Bertz CT molecular complexity index is 1410. The molecule has 2 aliphatic rings. The second kappa shape index (κ2) is 8.29. The molecule has 1 unspecified atom stereocenters. The molecule has 37 heavy (non-hydrogen) atoms. The van der Waals surface area contributed by atoms with E-state index in [4.69, 9.17) is 4.74 Å². The number of amides is 1. The second-order valence-electron chi connectivity index (χ2n) is 10.7. The van der Waals surface area contributed by atoms with Crippen LogP contribution >= 0.6 is 0 Å². The van der Waals surface area contributed by atoms with Gasteiger partial charge in [-0.25, -0.2) is 4.39 Å². The van der Waals surface area contributed by atoms with Crippen molar-refractivity contribution in [2.75, 3.05) is 18.5 Å². The lowest BCUT2D eigenvalue weighted by atomic mass is 9.83. The summed E-state index contributed by atoms with van der Waals surface area (Å²) in [5, 5.41) is 22.6. The largest absolute Gasteiger partial charge is 0.586 e. The summed E-state index contributed by atoms with van der Waals surface area (Å²) in [7, 11) is 0. The van der Waals surface area contributed by atoms with Gasteiger partial charge in [0.05, 0.1) is 30.5 Å². The first-order chi connectivity index (χ1) is 17.2. The number of anilines is 1. The van der Waals surface area contributed by atoms with Gasteiger partial charge in [-0.3, -0.25) is 4.79 Å². The van der Waals surface area contributed by atoms with Crippen LogP contribution < -0.4 is 19.5 Å². The molecular formula is C26H27F3N2O6. The molecule has 0 saturated carbocycles. The monoisotopic (exact) mass is 520 g/mol. The molecule has 2 aliphatic heterocycles. The Labute approximate surface area is 210 Å². The molecule has 2 aromatic carbocycles. The number of aliphatic hydroxyl groups is 2. The second-order valence-corrected chi connectivity index (χ2v) is 10.7. The van der Waals surface area contributed by atoms with Gasteiger partial charge in [0.25, 0.3) is 0 Å². The summed E-state index contributed by atoms with van der Waals surface area (Å²) in [6.07, 6.45) is -4.85. The van der Waals surface area contributed by atoms with Crippen molar-refractivity contribution >= 4 is 22.5 Å². The van der Waals surface area contributed by atoms with Crippen LogP contribution in [-0.4, -0.2) is 46.3 Å². The van der Waals surface area contributed by atoms with Crippen molar-refractivity contribution in [2.24, 2.45) is 0 Å². The number of carbonyl (C=O) groups excluding carboxylic acids is 1. The smallest absolute Gasteiger partial charge is 0.492 e. The molecule has 0 fully saturated rings. The van der Waals surface area contributed by atoms with E-state index in [0.29, 0.717) is 16.5 Å². The van der Waals surface area contributed by atoms with Crippen LogP contribution in [-0.2, 0) is 22.2 Å². The minimum absolute atomic E-state index is 0.0685. The lowest BCUT2D eigenvalue weighted by molar-refractivity contribution is -0.286. The molecule has 0 aliphatic carbocycles. The van der Waals surface area contributed by atoms with Gasteiger partial charge in [-0.1, -0.05) is 20.8 Å². The Balaban J connectivity index is 1.48. The van der Waals surface area contributed by atoms with Crippen molar-refractivity contribution in [2.45, 2.75) is 57.5 Å². The molecule has 0 saturated heterocycles. The number of ether oxygens (including phenoxy) is 3. The number of aliphatic hydroxyl groups excluding tert-OH is 2. The van der Waals surface area contributed by atoms with Gasteiger partial charge in [0.1, 0.15) is 23.6 Å². The number of hydrogen-bond acceptors (Lipinski definition) is 6. The van der Waals surface area contributed by atoms with Crippen molar-refractivity contribution in [1.29, 1.82) is 0 Å². The molecule has 3 N–H and O–H groups in total. The van der Waals surface area contributed by atoms with Gasteiger partial charge >= 0.3 is 6.29 Å². The Hall–Kier alpha value is -3.44. The predicted octanol–water partition coefficient (Wildman–Crippen LogP) is 4.04. The van der Waals surface area contributed by atoms with Gasteiger partial charge in [0.2, 0.25) is 5.91 Å². The average Bonchev–Trinajstić information content (AvgIpc) is 3.42. The molecule has 5 rings (SSSR count). The molecule has 1 aromatic heterocycles. The third kappa shape index (κ3) is 4.25. The minimum atomic E-state index is -3.82. The van der Waals surface area contributed by atoms with E-state index in [2.05, 4.69) is 14.8 Å². The molecular weight excluding hydrogens is 493 g/mol. The van der Waals surface area contributed by atoms with Crippen LogP contribution in [0.3, 0.4) is 0 Å².